The topological polar surface area (TPSA) is 88.5 Å². The summed E-state index contributed by atoms with van der Waals surface area (Å²) >= 11 is 0. The van der Waals surface area contributed by atoms with Crippen molar-refractivity contribution in [3.8, 4) is 17.2 Å². The molecule has 2 aromatic rings. The van der Waals surface area contributed by atoms with E-state index in [4.69, 9.17) is 14.2 Å². The summed E-state index contributed by atoms with van der Waals surface area (Å²) in [4.78, 5) is 29.8. The van der Waals surface area contributed by atoms with Crippen LogP contribution in [0.25, 0.3) is 5.57 Å². The molecule has 0 unspecified atom stereocenters. The molecular weight excluding hydrogens is 400 g/mol. The first-order chi connectivity index (χ1) is 14.9. The highest BCUT2D eigenvalue weighted by atomic mass is 16.5. The van der Waals surface area contributed by atoms with Crippen LogP contribution in [0.2, 0.25) is 0 Å². The van der Waals surface area contributed by atoms with E-state index in [9.17, 15) is 14.7 Å². The predicted molar refractivity (Wildman–Crippen MR) is 116 cm³/mol. The average molecular weight is 426 g/mol. The molecule has 0 bridgehead atoms. The summed E-state index contributed by atoms with van der Waals surface area (Å²) in [6.07, 6.45) is 0. The van der Waals surface area contributed by atoms with Crippen molar-refractivity contribution in [1.82, 2.24) is 4.90 Å². The van der Waals surface area contributed by atoms with Crippen LogP contribution in [0, 0.1) is 6.92 Å². The number of carbonyl (C=O) groups is 2. The molecule has 0 atom stereocenters. The van der Waals surface area contributed by atoms with Gasteiger partial charge in [0.15, 0.2) is 11.5 Å². The van der Waals surface area contributed by atoms with Crippen molar-refractivity contribution >= 4 is 23.1 Å². The zero-order valence-electron chi connectivity index (χ0n) is 18.3. The van der Waals surface area contributed by atoms with Crippen LogP contribution in [0.4, 0.5) is 5.69 Å². The molecule has 2 aromatic carbocycles. The van der Waals surface area contributed by atoms with Crippen LogP contribution < -0.4 is 19.1 Å². The van der Waals surface area contributed by atoms with Gasteiger partial charge in [0.1, 0.15) is 11.4 Å². The number of rotatable bonds is 8. The Bertz CT molecular complexity index is 1050. The molecule has 1 heterocycles. The van der Waals surface area contributed by atoms with Gasteiger partial charge in [0.25, 0.3) is 11.8 Å². The Labute approximate surface area is 181 Å². The number of likely N-dealkylation sites (N-methyl/N-ethyl adjacent to an activating group) is 1. The van der Waals surface area contributed by atoms with Crippen LogP contribution in [-0.4, -0.2) is 63.3 Å². The van der Waals surface area contributed by atoms with Gasteiger partial charge in [0.05, 0.1) is 39.2 Å². The first-order valence-electron chi connectivity index (χ1n) is 9.70. The predicted octanol–water partition coefficient (Wildman–Crippen LogP) is 2.23. The Morgan fingerprint density at radius 3 is 2.16 bits per heavy atom. The average Bonchev–Trinajstić information content (AvgIpc) is 3.03. The van der Waals surface area contributed by atoms with Crippen LogP contribution in [0.3, 0.4) is 0 Å². The number of aliphatic hydroxyl groups excluding tert-OH is 1. The number of methoxy groups -OCH3 is 3. The van der Waals surface area contributed by atoms with Gasteiger partial charge in [0.2, 0.25) is 0 Å². The number of anilines is 1. The lowest BCUT2D eigenvalue weighted by atomic mass is 10.0. The zero-order valence-corrected chi connectivity index (χ0v) is 18.3. The molecule has 1 aliphatic rings. The van der Waals surface area contributed by atoms with Crippen molar-refractivity contribution < 1.29 is 28.9 Å². The molecule has 0 saturated heterocycles. The maximum Gasteiger partial charge on any atom is 0.282 e. The molecule has 31 heavy (non-hydrogen) atoms. The molecular formula is C23H26N2O6. The first-order valence-corrected chi connectivity index (χ1v) is 9.70. The molecule has 0 fully saturated rings. The van der Waals surface area contributed by atoms with E-state index in [1.165, 1.54) is 21.3 Å². The van der Waals surface area contributed by atoms with Gasteiger partial charge in [-0.2, -0.15) is 0 Å². The maximum absolute atomic E-state index is 13.6. The highest BCUT2D eigenvalue weighted by molar-refractivity contribution is 6.45. The molecule has 2 amide bonds. The molecule has 3 rings (SSSR count). The number of benzene rings is 2. The van der Waals surface area contributed by atoms with Gasteiger partial charge >= 0.3 is 0 Å². The molecule has 1 N–H and O–H groups in total. The molecule has 0 spiro atoms. The molecule has 8 nitrogen and oxygen atoms in total. The second-order valence-electron chi connectivity index (χ2n) is 7.06. The minimum absolute atomic E-state index is 0.172. The fourth-order valence-corrected chi connectivity index (χ4v) is 3.58. The van der Waals surface area contributed by atoms with Gasteiger partial charge in [-0.1, -0.05) is 12.1 Å². The summed E-state index contributed by atoms with van der Waals surface area (Å²) in [5.74, 6) is 0.371. The minimum atomic E-state index is -0.491. The second-order valence-corrected chi connectivity index (χ2v) is 7.06. The summed E-state index contributed by atoms with van der Waals surface area (Å²) in [6.45, 7) is 1.88. The molecule has 0 aromatic heterocycles. The molecule has 0 saturated carbocycles. The van der Waals surface area contributed by atoms with Crippen LogP contribution in [-0.2, 0) is 9.59 Å². The smallest absolute Gasteiger partial charge is 0.282 e. The van der Waals surface area contributed by atoms with E-state index >= 15 is 0 Å². The van der Waals surface area contributed by atoms with Gasteiger partial charge in [0, 0.05) is 13.6 Å². The number of amides is 2. The maximum atomic E-state index is 13.6. The van der Waals surface area contributed by atoms with E-state index in [1.54, 1.807) is 42.3 Å². The SMILES string of the molecule is COc1ccc(C2=C(N(C)CCO)C(=O)N(c3cc(C)ccc3OC)C2=O)cc1OC. The summed E-state index contributed by atoms with van der Waals surface area (Å²) < 4.78 is 16.1. The number of aliphatic hydroxyl groups is 1. The van der Waals surface area contributed by atoms with E-state index in [-0.39, 0.29) is 24.4 Å². The van der Waals surface area contributed by atoms with E-state index in [0.29, 0.717) is 28.5 Å². The van der Waals surface area contributed by atoms with Crippen molar-refractivity contribution in [1.29, 1.82) is 0 Å². The fraction of sp³-hybridized carbons (Fsp3) is 0.304. The summed E-state index contributed by atoms with van der Waals surface area (Å²) in [7, 11) is 6.17. The Morgan fingerprint density at radius 1 is 0.903 bits per heavy atom. The van der Waals surface area contributed by atoms with Crippen molar-refractivity contribution in [2.75, 3.05) is 46.4 Å². The zero-order chi connectivity index (χ0) is 22.7. The lowest BCUT2D eigenvalue weighted by Crippen LogP contribution is -2.35. The van der Waals surface area contributed by atoms with E-state index in [2.05, 4.69) is 0 Å². The number of ether oxygens (including phenoxy) is 3. The number of nitrogens with zero attached hydrogens (tertiary/aromatic N) is 2. The molecule has 1 aliphatic heterocycles. The van der Waals surface area contributed by atoms with E-state index < -0.39 is 11.8 Å². The van der Waals surface area contributed by atoms with Gasteiger partial charge in [-0.05, 0) is 42.3 Å². The quantitative estimate of drug-likeness (QED) is 0.648. The van der Waals surface area contributed by atoms with Crippen LogP contribution >= 0.6 is 0 Å². The Hall–Kier alpha value is -3.52. The number of carbonyl (C=O) groups excluding carboxylic acids is 2. The van der Waals surface area contributed by atoms with Crippen molar-refractivity contribution in [2.24, 2.45) is 0 Å². The Balaban J connectivity index is 2.20. The van der Waals surface area contributed by atoms with Crippen molar-refractivity contribution in [2.45, 2.75) is 6.92 Å². The van der Waals surface area contributed by atoms with Gasteiger partial charge in [-0.3, -0.25) is 9.59 Å². The van der Waals surface area contributed by atoms with Crippen molar-refractivity contribution in [3.63, 3.8) is 0 Å². The standard InChI is InChI=1S/C23H26N2O6/c1-14-6-8-17(29-3)16(12-14)25-22(27)20(21(23(25)28)24(2)10-11-26)15-7-9-18(30-4)19(13-15)31-5/h6-9,12-13,26H,10-11H2,1-5H3. The lowest BCUT2D eigenvalue weighted by Gasteiger charge is -2.21. The monoisotopic (exact) mass is 426 g/mol. The molecule has 0 aliphatic carbocycles. The number of hydrogen-bond acceptors (Lipinski definition) is 7. The molecule has 164 valence electrons. The van der Waals surface area contributed by atoms with E-state index in [0.717, 1.165) is 10.5 Å². The fourth-order valence-electron chi connectivity index (χ4n) is 3.58. The first kappa shape index (κ1) is 22.2. The third-order valence-corrected chi connectivity index (χ3v) is 5.12. The largest absolute Gasteiger partial charge is 0.495 e. The summed E-state index contributed by atoms with van der Waals surface area (Å²) in [5.41, 5.74) is 2.15. The van der Waals surface area contributed by atoms with Crippen LogP contribution in [0.5, 0.6) is 17.2 Å². The molecule has 0 radical (unpaired) electrons. The van der Waals surface area contributed by atoms with Gasteiger partial charge in [-0.25, -0.2) is 4.90 Å². The van der Waals surface area contributed by atoms with E-state index in [1.807, 2.05) is 13.0 Å². The van der Waals surface area contributed by atoms with Gasteiger partial charge in [-0.15, -0.1) is 0 Å². The Kier molecular flexibility index (Phi) is 6.50. The number of imide groups is 1. The van der Waals surface area contributed by atoms with Crippen LogP contribution in [0.15, 0.2) is 42.1 Å². The summed E-state index contributed by atoms with van der Waals surface area (Å²) in [6, 6.07) is 10.3. The van der Waals surface area contributed by atoms with Gasteiger partial charge < -0.3 is 24.2 Å². The lowest BCUT2D eigenvalue weighted by molar-refractivity contribution is -0.120. The highest BCUT2D eigenvalue weighted by Gasteiger charge is 2.43. The minimum Gasteiger partial charge on any atom is -0.495 e. The second kappa shape index (κ2) is 9.09. The normalized spacial score (nSPS) is 13.7. The Morgan fingerprint density at radius 2 is 1.55 bits per heavy atom. The third kappa shape index (κ3) is 3.94. The molecule has 8 heteroatoms. The number of hydrogen-bond donors (Lipinski definition) is 1. The number of aryl methyl sites for hydroxylation is 1. The van der Waals surface area contributed by atoms with Crippen LogP contribution in [0.1, 0.15) is 11.1 Å². The third-order valence-electron chi connectivity index (χ3n) is 5.12. The highest BCUT2D eigenvalue weighted by Crippen LogP contribution is 2.40. The summed E-state index contributed by atoms with van der Waals surface area (Å²) in [5, 5.41) is 9.43. The van der Waals surface area contributed by atoms with Crippen molar-refractivity contribution in [3.05, 3.63) is 53.2 Å².